The summed E-state index contributed by atoms with van der Waals surface area (Å²) in [5.74, 6) is 1.81. The van der Waals surface area contributed by atoms with Crippen LogP contribution in [0.4, 0.5) is 0 Å². The van der Waals surface area contributed by atoms with Gasteiger partial charge in [-0.25, -0.2) is 4.98 Å². The van der Waals surface area contributed by atoms with Crippen LogP contribution in [-0.2, 0) is 18.4 Å². The van der Waals surface area contributed by atoms with Crippen molar-refractivity contribution in [3.63, 3.8) is 0 Å². The first-order valence-electron chi connectivity index (χ1n) is 9.73. The average Bonchev–Trinajstić information content (AvgIpc) is 3.26. The summed E-state index contributed by atoms with van der Waals surface area (Å²) < 4.78 is 4.01. The molecule has 0 atom stereocenters. The van der Waals surface area contributed by atoms with Crippen LogP contribution in [0.1, 0.15) is 22.8 Å². The second kappa shape index (κ2) is 8.31. The number of aromatic nitrogens is 5. The Hall–Kier alpha value is -3.13. The van der Waals surface area contributed by atoms with Crippen LogP contribution in [0.25, 0.3) is 16.7 Å². The largest absolute Gasteiger partial charge is 0.348 e. The Kier molecular flexibility index (Phi) is 5.59. The molecule has 0 radical (unpaired) electrons. The first-order chi connectivity index (χ1) is 14.4. The van der Waals surface area contributed by atoms with Crippen LogP contribution in [0.5, 0.6) is 0 Å². The van der Waals surface area contributed by atoms with Crippen molar-refractivity contribution in [3.05, 3.63) is 65.2 Å². The standard InChI is InChI=1S/C22H24N6OS/c1-14-9-10-15(2)19(11-14)28-16(3)25-26-22(28)30-13-21(29)23-12-20-24-17-7-5-6-8-18(17)27(20)4/h5-11H,12-13H2,1-4H3,(H,23,29). The van der Waals surface area contributed by atoms with E-state index in [1.807, 2.05) is 47.4 Å². The molecule has 0 aliphatic rings. The predicted molar refractivity (Wildman–Crippen MR) is 119 cm³/mol. The molecule has 0 unspecified atom stereocenters. The van der Waals surface area contributed by atoms with Crippen LogP contribution < -0.4 is 5.32 Å². The minimum absolute atomic E-state index is 0.0692. The lowest BCUT2D eigenvalue weighted by Crippen LogP contribution is -2.26. The van der Waals surface area contributed by atoms with E-state index >= 15 is 0 Å². The highest BCUT2D eigenvalue weighted by Gasteiger charge is 2.15. The van der Waals surface area contributed by atoms with Gasteiger partial charge in [0.25, 0.3) is 0 Å². The monoisotopic (exact) mass is 420 g/mol. The molecule has 8 heteroatoms. The lowest BCUT2D eigenvalue weighted by atomic mass is 10.1. The van der Waals surface area contributed by atoms with Gasteiger partial charge in [-0.3, -0.25) is 9.36 Å². The Morgan fingerprint density at radius 3 is 2.70 bits per heavy atom. The van der Waals surface area contributed by atoms with Gasteiger partial charge in [0, 0.05) is 7.05 Å². The third-order valence-electron chi connectivity index (χ3n) is 5.06. The van der Waals surface area contributed by atoms with Crippen molar-refractivity contribution in [2.45, 2.75) is 32.5 Å². The number of hydrogen-bond acceptors (Lipinski definition) is 5. The molecule has 4 rings (SSSR count). The minimum atomic E-state index is -0.0692. The number of carbonyl (C=O) groups excluding carboxylic acids is 1. The van der Waals surface area contributed by atoms with Crippen LogP contribution in [0.15, 0.2) is 47.6 Å². The summed E-state index contributed by atoms with van der Waals surface area (Å²) in [6.07, 6.45) is 0. The van der Waals surface area contributed by atoms with Gasteiger partial charge in [-0.1, -0.05) is 36.0 Å². The molecule has 30 heavy (non-hydrogen) atoms. The van der Waals surface area contributed by atoms with E-state index in [-0.39, 0.29) is 11.7 Å². The maximum absolute atomic E-state index is 12.5. The summed E-state index contributed by atoms with van der Waals surface area (Å²) in [6.45, 7) is 6.42. The molecule has 7 nitrogen and oxygen atoms in total. The van der Waals surface area contributed by atoms with Gasteiger partial charge in [-0.2, -0.15) is 0 Å². The van der Waals surface area contributed by atoms with Gasteiger partial charge in [0.2, 0.25) is 5.91 Å². The summed E-state index contributed by atoms with van der Waals surface area (Å²) in [5, 5.41) is 12.2. The summed E-state index contributed by atoms with van der Waals surface area (Å²) >= 11 is 1.38. The molecular weight excluding hydrogens is 396 g/mol. The molecule has 0 aliphatic heterocycles. The molecule has 4 aromatic rings. The number of imidazole rings is 1. The molecule has 2 aromatic carbocycles. The van der Waals surface area contributed by atoms with E-state index in [1.165, 1.54) is 17.3 Å². The van der Waals surface area contributed by atoms with Gasteiger partial charge in [0.1, 0.15) is 11.6 Å². The SMILES string of the molecule is Cc1ccc(C)c(-n2c(C)nnc2SCC(=O)NCc2nc3ccccc3n2C)c1. The maximum Gasteiger partial charge on any atom is 0.230 e. The smallest absolute Gasteiger partial charge is 0.230 e. The fourth-order valence-corrected chi connectivity index (χ4v) is 4.21. The van der Waals surface area contributed by atoms with Crippen LogP contribution in [0, 0.1) is 20.8 Å². The number of nitrogens with one attached hydrogen (secondary N) is 1. The van der Waals surface area contributed by atoms with Gasteiger partial charge in [0.05, 0.1) is 29.0 Å². The van der Waals surface area contributed by atoms with Gasteiger partial charge in [-0.05, 0) is 50.1 Å². The number of fused-ring (bicyclic) bond motifs is 1. The van der Waals surface area contributed by atoms with Crippen molar-refractivity contribution in [1.29, 1.82) is 0 Å². The second-order valence-corrected chi connectivity index (χ2v) is 8.24. The zero-order valence-corrected chi connectivity index (χ0v) is 18.3. The van der Waals surface area contributed by atoms with Crippen LogP contribution in [-0.4, -0.2) is 36.0 Å². The van der Waals surface area contributed by atoms with Crippen LogP contribution in [0.2, 0.25) is 0 Å². The number of thioether (sulfide) groups is 1. The summed E-state index contributed by atoms with van der Waals surface area (Å²) in [6, 6.07) is 14.2. The van der Waals surface area contributed by atoms with E-state index < -0.39 is 0 Å². The van der Waals surface area contributed by atoms with E-state index in [1.54, 1.807) is 0 Å². The highest BCUT2D eigenvalue weighted by Crippen LogP contribution is 2.24. The average molecular weight is 421 g/mol. The molecule has 154 valence electrons. The van der Waals surface area contributed by atoms with Crippen molar-refractivity contribution in [3.8, 4) is 5.69 Å². The lowest BCUT2D eigenvalue weighted by Gasteiger charge is -2.12. The number of aryl methyl sites for hydroxylation is 4. The number of para-hydroxylation sites is 2. The fourth-order valence-electron chi connectivity index (χ4n) is 3.39. The highest BCUT2D eigenvalue weighted by atomic mass is 32.2. The summed E-state index contributed by atoms with van der Waals surface area (Å²) in [7, 11) is 1.96. The Morgan fingerprint density at radius 2 is 1.90 bits per heavy atom. The summed E-state index contributed by atoms with van der Waals surface area (Å²) in [5.41, 5.74) is 5.32. The quantitative estimate of drug-likeness (QED) is 0.483. The van der Waals surface area contributed by atoms with Crippen molar-refractivity contribution in [2.75, 3.05) is 5.75 Å². The molecule has 0 aliphatic carbocycles. The maximum atomic E-state index is 12.5. The number of hydrogen-bond donors (Lipinski definition) is 1. The van der Waals surface area contributed by atoms with E-state index in [4.69, 9.17) is 0 Å². The predicted octanol–water partition coefficient (Wildman–Crippen LogP) is 3.49. The molecule has 1 N–H and O–H groups in total. The highest BCUT2D eigenvalue weighted by molar-refractivity contribution is 7.99. The Labute approximate surface area is 179 Å². The van der Waals surface area contributed by atoms with Gasteiger partial charge < -0.3 is 9.88 Å². The van der Waals surface area contributed by atoms with Crippen molar-refractivity contribution in [1.82, 2.24) is 29.6 Å². The molecule has 0 bridgehead atoms. The zero-order chi connectivity index (χ0) is 21.3. The Morgan fingerprint density at radius 1 is 1.10 bits per heavy atom. The molecule has 0 spiro atoms. The van der Waals surface area contributed by atoms with Crippen molar-refractivity contribution in [2.24, 2.45) is 7.05 Å². The zero-order valence-electron chi connectivity index (χ0n) is 17.5. The molecule has 2 heterocycles. The Bertz CT molecular complexity index is 1230. The fraction of sp³-hybridized carbons (Fsp3) is 0.273. The van der Waals surface area contributed by atoms with Gasteiger partial charge in [-0.15, -0.1) is 10.2 Å². The molecule has 0 saturated carbocycles. The summed E-state index contributed by atoms with van der Waals surface area (Å²) in [4.78, 5) is 17.1. The molecule has 0 saturated heterocycles. The van der Waals surface area contributed by atoms with Gasteiger partial charge >= 0.3 is 0 Å². The molecule has 2 aromatic heterocycles. The first kappa shape index (κ1) is 20.2. The van der Waals surface area contributed by atoms with Crippen LogP contribution >= 0.6 is 11.8 Å². The van der Waals surface area contributed by atoms with Crippen molar-refractivity contribution >= 4 is 28.7 Å². The number of benzene rings is 2. The van der Waals surface area contributed by atoms with Crippen LogP contribution in [0.3, 0.4) is 0 Å². The molecular formula is C22H24N6OS. The van der Waals surface area contributed by atoms with E-state index in [9.17, 15) is 4.79 Å². The number of carbonyl (C=O) groups is 1. The topological polar surface area (TPSA) is 77.6 Å². The normalized spacial score (nSPS) is 11.2. The van der Waals surface area contributed by atoms with E-state index in [0.29, 0.717) is 11.7 Å². The second-order valence-electron chi connectivity index (χ2n) is 7.30. The third-order valence-corrected chi connectivity index (χ3v) is 5.99. The molecule has 1 amide bonds. The molecule has 0 fully saturated rings. The first-order valence-corrected chi connectivity index (χ1v) is 10.7. The minimum Gasteiger partial charge on any atom is -0.348 e. The van der Waals surface area contributed by atoms with E-state index in [2.05, 4.69) is 52.5 Å². The lowest BCUT2D eigenvalue weighted by molar-refractivity contribution is -0.118. The third kappa shape index (κ3) is 3.95. The van der Waals surface area contributed by atoms with Crippen molar-refractivity contribution < 1.29 is 4.79 Å². The number of nitrogens with zero attached hydrogens (tertiary/aromatic N) is 5. The Balaban J connectivity index is 1.43. The van der Waals surface area contributed by atoms with E-state index in [0.717, 1.165) is 33.9 Å². The number of rotatable bonds is 6. The van der Waals surface area contributed by atoms with Gasteiger partial charge in [0.15, 0.2) is 5.16 Å². The number of amides is 1.